The van der Waals surface area contributed by atoms with Gasteiger partial charge in [0.1, 0.15) is 23.9 Å². The monoisotopic (exact) mass is 590 g/mol. The lowest BCUT2D eigenvalue weighted by atomic mass is 9.85. The standard InChI is InChI=1S/C31H34N4O4S2/c1-20-2-7-28(39-18-24-4-3-21(13-25(24)14-32)15-34-8-10-41(38)11-9-34)26(12-20)27-19-40-31(33-27)35-16-22-5-6-23(17-35)29(22)30(36)37/h2-4,7,12-13,19,22-23,29H,5-6,8-11,15-18H2,1H3,(H,36,37). The molecular formula is C31H34N4O4S2. The van der Waals surface area contributed by atoms with Gasteiger partial charge in [-0.1, -0.05) is 34.9 Å². The third kappa shape index (κ3) is 6.09. The van der Waals surface area contributed by atoms with Crippen molar-refractivity contribution in [1.29, 1.82) is 5.26 Å². The van der Waals surface area contributed by atoms with Crippen molar-refractivity contribution < 1.29 is 19.2 Å². The second kappa shape index (κ2) is 12.0. The van der Waals surface area contributed by atoms with Crippen LogP contribution in [0.3, 0.4) is 0 Å². The van der Waals surface area contributed by atoms with Gasteiger partial charge in [-0.2, -0.15) is 5.26 Å². The van der Waals surface area contributed by atoms with E-state index in [1.807, 2.05) is 36.6 Å². The van der Waals surface area contributed by atoms with Crippen LogP contribution in [0.5, 0.6) is 5.75 Å². The molecule has 214 valence electrons. The van der Waals surface area contributed by atoms with Crippen LogP contribution in [0.2, 0.25) is 0 Å². The van der Waals surface area contributed by atoms with Crippen molar-refractivity contribution in [1.82, 2.24) is 9.88 Å². The lowest BCUT2D eigenvalue weighted by Gasteiger charge is -2.35. The summed E-state index contributed by atoms with van der Waals surface area (Å²) >= 11 is 0.884. The number of rotatable bonds is 8. The molecule has 2 aromatic carbocycles. The Balaban J connectivity index is 1.15. The lowest BCUT2D eigenvalue weighted by Crippen LogP contribution is -2.44. The lowest BCUT2D eigenvalue weighted by molar-refractivity contribution is -0.144. The number of thiazole rings is 1. The molecule has 2 bridgehead atoms. The molecule has 0 radical (unpaired) electrons. The van der Waals surface area contributed by atoms with Gasteiger partial charge in [0.2, 0.25) is 0 Å². The van der Waals surface area contributed by atoms with Gasteiger partial charge < -0.3 is 19.3 Å². The molecule has 1 aliphatic carbocycles. The molecular weight excluding hydrogens is 556 g/mol. The van der Waals surface area contributed by atoms with Crippen LogP contribution in [0.1, 0.15) is 35.1 Å². The van der Waals surface area contributed by atoms with Crippen LogP contribution in [0, 0.1) is 36.0 Å². The minimum absolute atomic E-state index is 0.183. The van der Waals surface area contributed by atoms with E-state index < -0.39 is 17.1 Å². The highest BCUT2D eigenvalue weighted by Crippen LogP contribution is 2.44. The molecule has 1 aromatic heterocycles. The summed E-state index contributed by atoms with van der Waals surface area (Å²) in [5, 5.41) is 22.5. The first kappa shape index (κ1) is 28.0. The maximum Gasteiger partial charge on any atom is 0.307 e. The van der Waals surface area contributed by atoms with Gasteiger partial charge in [0.25, 0.3) is 0 Å². The number of carboxylic acid groups (broad SMARTS) is 1. The van der Waals surface area contributed by atoms with Crippen LogP contribution in [0.15, 0.2) is 41.8 Å². The Morgan fingerprint density at radius 2 is 1.95 bits per heavy atom. The summed E-state index contributed by atoms with van der Waals surface area (Å²) in [5.74, 6) is 1.61. The molecule has 10 heteroatoms. The maximum atomic E-state index is 11.8. The van der Waals surface area contributed by atoms with Gasteiger partial charge in [-0.3, -0.25) is 9.69 Å². The number of carboxylic acids is 1. The Bertz CT molecular complexity index is 1450. The van der Waals surface area contributed by atoms with E-state index in [1.54, 1.807) is 11.3 Å². The number of nitriles is 1. The van der Waals surface area contributed by atoms with Crippen molar-refractivity contribution in [2.45, 2.75) is 32.9 Å². The molecule has 2 saturated heterocycles. The van der Waals surface area contributed by atoms with Crippen molar-refractivity contribution in [3.63, 3.8) is 0 Å². The number of anilines is 1. The molecule has 2 atom stereocenters. The number of aryl methyl sites for hydroxylation is 1. The third-order valence-electron chi connectivity index (χ3n) is 8.65. The second-order valence-electron chi connectivity index (χ2n) is 11.4. The quantitative estimate of drug-likeness (QED) is 0.377. The van der Waals surface area contributed by atoms with Crippen LogP contribution >= 0.6 is 11.3 Å². The molecule has 2 unspecified atom stereocenters. The van der Waals surface area contributed by atoms with E-state index in [0.717, 1.165) is 78.6 Å². The highest BCUT2D eigenvalue weighted by molar-refractivity contribution is 7.91. The maximum absolute atomic E-state index is 11.8. The Morgan fingerprint density at radius 3 is 2.66 bits per heavy atom. The van der Waals surface area contributed by atoms with Crippen LogP contribution in [0.4, 0.5) is 5.13 Å². The van der Waals surface area contributed by atoms with Crippen LogP contribution < -0.4 is 9.64 Å². The molecule has 0 spiro atoms. The molecule has 1 N–H and O–H groups in total. The number of carbonyl (C=O) groups is 1. The fourth-order valence-electron chi connectivity index (χ4n) is 6.48. The summed E-state index contributed by atoms with van der Waals surface area (Å²) in [4.78, 5) is 21.3. The Morgan fingerprint density at radius 1 is 1.20 bits per heavy atom. The normalized spacial score (nSPS) is 23.0. The minimum Gasteiger partial charge on any atom is -0.616 e. The predicted octanol–water partition coefficient (Wildman–Crippen LogP) is 4.68. The summed E-state index contributed by atoms with van der Waals surface area (Å²) in [6, 6.07) is 14.3. The zero-order valence-corrected chi connectivity index (χ0v) is 24.8. The summed E-state index contributed by atoms with van der Waals surface area (Å²) in [6.07, 6.45) is 1.94. The van der Waals surface area contributed by atoms with E-state index in [1.165, 1.54) is 0 Å². The fourth-order valence-corrected chi connectivity index (χ4v) is 8.46. The molecule has 41 heavy (non-hydrogen) atoms. The number of piperidine rings is 1. The van der Waals surface area contributed by atoms with Gasteiger partial charge in [-0.15, -0.1) is 11.3 Å². The molecule has 6 rings (SSSR count). The third-order valence-corrected chi connectivity index (χ3v) is 10.8. The molecule has 2 aliphatic heterocycles. The number of ether oxygens (including phenoxy) is 1. The number of aromatic nitrogens is 1. The second-order valence-corrected chi connectivity index (χ2v) is 13.9. The van der Waals surface area contributed by atoms with Crippen molar-refractivity contribution in [3.8, 4) is 23.1 Å². The molecule has 3 aromatic rings. The first-order valence-electron chi connectivity index (χ1n) is 14.1. The number of hydrogen-bond donors (Lipinski definition) is 1. The average Bonchev–Trinajstić information content (AvgIpc) is 3.56. The molecule has 0 amide bonds. The number of hydrogen-bond acceptors (Lipinski definition) is 8. The Hall–Kier alpha value is -3.10. The predicted molar refractivity (Wildman–Crippen MR) is 160 cm³/mol. The fraction of sp³-hybridized carbons (Fsp3) is 0.452. The van der Waals surface area contributed by atoms with Crippen molar-refractivity contribution >= 4 is 33.6 Å². The van der Waals surface area contributed by atoms with E-state index in [2.05, 4.69) is 28.0 Å². The average molecular weight is 591 g/mol. The highest BCUT2D eigenvalue weighted by atomic mass is 32.2. The summed E-state index contributed by atoms with van der Waals surface area (Å²) < 4.78 is 18.0. The van der Waals surface area contributed by atoms with Gasteiger partial charge >= 0.3 is 5.97 Å². The SMILES string of the molecule is Cc1ccc(OCc2ccc(CN3CC[S+]([O-])CC3)cc2C#N)c(-c2csc(N3CC4CCC(C3)C4C(=O)O)n2)c1. The first-order chi connectivity index (χ1) is 19.9. The van der Waals surface area contributed by atoms with Crippen molar-refractivity contribution in [3.05, 3.63) is 64.0 Å². The summed E-state index contributed by atoms with van der Waals surface area (Å²) in [5.41, 5.74) is 5.37. The first-order valence-corrected chi connectivity index (χ1v) is 16.5. The number of fused-ring (bicyclic) bond motifs is 2. The number of benzene rings is 2. The largest absolute Gasteiger partial charge is 0.616 e. The zero-order valence-electron chi connectivity index (χ0n) is 23.1. The molecule has 3 heterocycles. The van der Waals surface area contributed by atoms with Crippen LogP contribution in [-0.4, -0.2) is 63.2 Å². The molecule has 3 fully saturated rings. The Kier molecular flexibility index (Phi) is 8.22. The van der Waals surface area contributed by atoms with E-state index in [4.69, 9.17) is 9.72 Å². The van der Waals surface area contributed by atoms with Gasteiger partial charge in [0.15, 0.2) is 5.13 Å². The number of nitrogens with zero attached hydrogens (tertiary/aromatic N) is 4. The van der Waals surface area contributed by atoms with Gasteiger partial charge in [0.05, 0.1) is 23.2 Å². The van der Waals surface area contributed by atoms with E-state index in [9.17, 15) is 19.7 Å². The smallest absolute Gasteiger partial charge is 0.307 e. The summed E-state index contributed by atoms with van der Waals surface area (Å²) in [6.45, 7) is 6.16. The zero-order chi connectivity index (χ0) is 28.5. The van der Waals surface area contributed by atoms with Crippen molar-refractivity contribution in [2.24, 2.45) is 17.8 Å². The van der Waals surface area contributed by atoms with Crippen molar-refractivity contribution in [2.75, 3.05) is 42.6 Å². The van der Waals surface area contributed by atoms with Crippen LogP contribution in [0.25, 0.3) is 11.3 Å². The highest BCUT2D eigenvalue weighted by Gasteiger charge is 2.46. The van der Waals surface area contributed by atoms with Gasteiger partial charge in [0, 0.05) is 49.2 Å². The minimum atomic E-state index is -0.707. The van der Waals surface area contributed by atoms with E-state index in [-0.39, 0.29) is 24.4 Å². The Labute approximate surface area is 247 Å². The van der Waals surface area contributed by atoms with Gasteiger partial charge in [-0.25, -0.2) is 4.98 Å². The van der Waals surface area contributed by atoms with Gasteiger partial charge in [-0.05, 0) is 55.4 Å². The van der Waals surface area contributed by atoms with Crippen LogP contribution in [-0.2, 0) is 29.1 Å². The molecule has 8 nitrogen and oxygen atoms in total. The number of aliphatic carboxylic acids is 1. The van der Waals surface area contributed by atoms with E-state index >= 15 is 0 Å². The molecule has 3 aliphatic rings. The topological polar surface area (TPSA) is 113 Å². The summed E-state index contributed by atoms with van der Waals surface area (Å²) in [7, 11) is 0. The molecule has 1 saturated carbocycles. The van der Waals surface area contributed by atoms with E-state index in [0.29, 0.717) is 22.8 Å².